The zero-order chi connectivity index (χ0) is 25.8. The molecule has 3 atom stereocenters. The minimum atomic E-state index is -0.432. The lowest BCUT2D eigenvalue weighted by Crippen LogP contribution is -2.20. The molecule has 0 bridgehead atoms. The largest absolute Gasteiger partial charge is 0.462 e. The lowest BCUT2D eigenvalue weighted by Gasteiger charge is -2.21. The SMILES string of the molecule is CCOC(=O)c1cnn2c(N(C)Cc3ccccc3)cc(-c3cn(C4[C@H]5COC[C@@H]45)c4ncccc34)nc12. The number of carbonyl (C=O) groups excluding carboxylic acids is 1. The van der Waals surface area contributed by atoms with Gasteiger partial charge in [0.25, 0.3) is 0 Å². The number of hydrogen-bond donors (Lipinski definition) is 0. The summed E-state index contributed by atoms with van der Waals surface area (Å²) in [6.45, 7) is 4.34. The molecule has 1 aromatic carbocycles. The van der Waals surface area contributed by atoms with E-state index in [2.05, 4.69) is 39.0 Å². The van der Waals surface area contributed by atoms with E-state index in [4.69, 9.17) is 19.4 Å². The van der Waals surface area contributed by atoms with Crippen LogP contribution in [0.4, 0.5) is 5.82 Å². The van der Waals surface area contributed by atoms with E-state index in [9.17, 15) is 4.79 Å². The zero-order valence-corrected chi connectivity index (χ0v) is 21.3. The summed E-state index contributed by atoms with van der Waals surface area (Å²) in [4.78, 5) is 24.7. The number of fused-ring (bicyclic) bond motifs is 3. The minimum Gasteiger partial charge on any atom is -0.462 e. The van der Waals surface area contributed by atoms with E-state index in [0.29, 0.717) is 35.6 Å². The normalized spacial score (nSPS) is 20.1. The van der Waals surface area contributed by atoms with Crippen LogP contribution in [0.2, 0.25) is 0 Å². The molecule has 192 valence electrons. The second kappa shape index (κ2) is 8.95. The number of hydrogen-bond acceptors (Lipinski definition) is 7. The third-order valence-electron chi connectivity index (χ3n) is 7.70. The molecule has 1 saturated heterocycles. The van der Waals surface area contributed by atoms with Crippen molar-refractivity contribution in [3.05, 3.63) is 78.2 Å². The number of pyridine rings is 1. The van der Waals surface area contributed by atoms with Crippen LogP contribution in [0.15, 0.2) is 67.1 Å². The first-order chi connectivity index (χ1) is 18.6. The van der Waals surface area contributed by atoms with Crippen LogP contribution in [0.3, 0.4) is 0 Å². The van der Waals surface area contributed by atoms with Gasteiger partial charge in [0, 0.05) is 60.9 Å². The highest BCUT2D eigenvalue weighted by molar-refractivity contribution is 5.98. The van der Waals surface area contributed by atoms with Crippen LogP contribution in [0, 0.1) is 11.8 Å². The Kier molecular flexibility index (Phi) is 5.40. The summed E-state index contributed by atoms with van der Waals surface area (Å²) in [7, 11) is 2.02. The van der Waals surface area contributed by atoms with E-state index in [1.165, 1.54) is 5.56 Å². The number of esters is 1. The maximum atomic E-state index is 12.8. The lowest BCUT2D eigenvalue weighted by molar-refractivity contribution is 0.0528. The number of nitrogens with zero attached hydrogens (tertiary/aromatic N) is 6. The second-order valence-electron chi connectivity index (χ2n) is 10.0. The topological polar surface area (TPSA) is 86.8 Å². The van der Waals surface area contributed by atoms with Crippen LogP contribution >= 0.6 is 0 Å². The zero-order valence-electron chi connectivity index (χ0n) is 21.3. The van der Waals surface area contributed by atoms with Crippen molar-refractivity contribution < 1.29 is 14.3 Å². The van der Waals surface area contributed by atoms with Crippen molar-refractivity contribution in [3.63, 3.8) is 0 Å². The Hall–Kier alpha value is -4.24. The van der Waals surface area contributed by atoms with E-state index >= 15 is 0 Å². The highest BCUT2D eigenvalue weighted by Crippen LogP contribution is 2.55. The van der Waals surface area contributed by atoms with Crippen molar-refractivity contribution in [1.82, 2.24) is 24.1 Å². The van der Waals surface area contributed by atoms with E-state index in [0.717, 1.165) is 41.3 Å². The van der Waals surface area contributed by atoms with Gasteiger partial charge in [0.2, 0.25) is 0 Å². The van der Waals surface area contributed by atoms with Crippen molar-refractivity contribution in [1.29, 1.82) is 0 Å². The molecule has 2 fully saturated rings. The van der Waals surface area contributed by atoms with Gasteiger partial charge < -0.3 is 18.9 Å². The molecule has 9 nitrogen and oxygen atoms in total. The quantitative estimate of drug-likeness (QED) is 0.302. The molecule has 9 heteroatoms. The summed E-state index contributed by atoms with van der Waals surface area (Å²) in [6.07, 6.45) is 5.55. The molecular formula is C29H28N6O3. The van der Waals surface area contributed by atoms with Crippen LogP contribution in [-0.2, 0) is 16.0 Å². The Morgan fingerprint density at radius 1 is 1.13 bits per heavy atom. The predicted molar refractivity (Wildman–Crippen MR) is 143 cm³/mol. The lowest BCUT2D eigenvalue weighted by atomic mass is 10.1. The average molecular weight is 509 g/mol. The summed E-state index contributed by atoms with van der Waals surface area (Å²) in [5.41, 5.74) is 4.67. The Balaban J connectivity index is 1.39. The number of carbonyl (C=O) groups is 1. The van der Waals surface area contributed by atoms with Gasteiger partial charge in [0.05, 0.1) is 31.7 Å². The maximum absolute atomic E-state index is 12.8. The van der Waals surface area contributed by atoms with Gasteiger partial charge in [-0.2, -0.15) is 9.61 Å². The van der Waals surface area contributed by atoms with Crippen LogP contribution < -0.4 is 4.90 Å². The highest BCUT2D eigenvalue weighted by Gasteiger charge is 2.55. The number of benzene rings is 1. The molecule has 5 aromatic rings. The highest BCUT2D eigenvalue weighted by atomic mass is 16.5. The molecular weight excluding hydrogens is 480 g/mol. The molecule has 0 spiro atoms. The molecule has 1 unspecified atom stereocenters. The van der Waals surface area contributed by atoms with Crippen LogP contribution in [0.25, 0.3) is 27.9 Å². The molecule has 0 amide bonds. The van der Waals surface area contributed by atoms with Gasteiger partial charge in [-0.15, -0.1) is 0 Å². The predicted octanol–water partition coefficient (Wildman–Crippen LogP) is 4.38. The molecule has 1 aliphatic heterocycles. The fourth-order valence-corrected chi connectivity index (χ4v) is 5.78. The Morgan fingerprint density at radius 3 is 2.74 bits per heavy atom. The number of ether oxygens (including phenoxy) is 2. The van der Waals surface area contributed by atoms with Gasteiger partial charge in [-0.1, -0.05) is 30.3 Å². The summed E-state index contributed by atoms with van der Waals surface area (Å²) in [5.74, 6) is 1.46. The first-order valence-corrected chi connectivity index (χ1v) is 13.0. The molecule has 1 saturated carbocycles. The molecule has 0 radical (unpaired) electrons. The molecule has 38 heavy (non-hydrogen) atoms. The van der Waals surface area contributed by atoms with Gasteiger partial charge >= 0.3 is 5.97 Å². The standard InChI is InChI=1S/C29H28N6O3/c1-3-38-29(36)20-13-31-35-25(33(2)14-18-8-5-4-6-9-18)12-24(32-28(20)35)21-15-34(26-22-16-37-17-23(22)26)27-19(21)10-7-11-30-27/h4-13,15,22-23,26H,3,14,16-17H2,1-2H3/t22-,23+,26?. The monoisotopic (exact) mass is 508 g/mol. The molecule has 1 aliphatic carbocycles. The second-order valence-corrected chi connectivity index (χ2v) is 10.0. The molecule has 0 N–H and O–H groups in total. The molecule has 7 rings (SSSR count). The Labute approximate surface area is 219 Å². The summed E-state index contributed by atoms with van der Waals surface area (Å²) in [5, 5.41) is 5.58. The minimum absolute atomic E-state index is 0.281. The van der Waals surface area contributed by atoms with E-state index in [1.54, 1.807) is 17.6 Å². The molecule has 2 aliphatic rings. The third kappa shape index (κ3) is 3.65. The first-order valence-electron chi connectivity index (χ1n) is 13.0. The van der Waals surface area contributed by atoms with Gasteiger partial charge in [0.15, 0.2) is 5.65 Å². The van der Waals surface area contributed by atoms with Crippen LogP contribution in [0.1, 0.15) is 28.9 Å². The Morgan fingerprint density at radius 2 is 1.95 bits per heavy atom. The summed E-state index contributed by atoms with van der Waals surface area (Å²) < 4.78 is 15.0. The van der Waals surface area contributed by atoms with Gasteiger partial charge in [0.1, 0.15) is 17.0 Å². The molecule has 5 heterocycles. The van der Waals surface area contributed by atoms with Gasteiger partial charge in [-0.3, -0.25) is 0 Å². The van der Waals surface area contributed by atoms with Crippen molar-refractivity contribution in [2.45, 2.75) is 19.5 Å². The van der Waals surface area contributed by atoms with Crippen molar-refractivity contribution in [2.75, 3.05) is 31.8 Å². The number of rotatable bonds is 7. The fourth-order valence-electron chi connectivity index (χ4n) is 5.78. The van der Waals surface area contributed by atoms with Crippen LogP contribution in [-0.4, -0.2) is 57.0 Å². The summed E-state index contributed by atoms with van der Waals surface area (Å²) >= 11 is 0. The first kappa shape index (κ1) is 22.9. The van der Waals surface area contributed by atoms with E-state index in [1.807, 2.05) is 43.6 Å². The third-order valence-corrected chi connectivity index (χ3v) is 7.70. The van der Waals surface area contributed by atoms with Crippen LogP contribution in [0.5, 0.6) is 0 Å². The van der Waals surface area contributed by atoms with Crippen molar-refractivity contribution >= 4 is 28.5 Å². The smallest absolute Gasteiger partial charge is 0.343 e. The van der Waals surface area contributed by atoms with E-state index < -0.39 is 5.97 Å². The number of anilines is 1. The number of aromatic nitrogens is 5. The molecule has 4 aromatic heterocycles. The fraction of sp³-hybridized carbons (Fsp3) is 0.310. The van der Waals surface area contributed by atoms with Gasteiger partial charge in [-0.25, -0.2) is 14.8 Å². The van der Waals surface area contributed by atoms with Gasteiger partial charge in [-0.05, 0) is 24.6 Å². The maximum Gasteiger partial charge on any atom is 0.343 e. The van der Waals surface area contributed by atoms with E-state index in [-0.39, 0.29) is 6.61 Å². The van der Waals surface area contributed by atoms with Crippen molar-refractivity contribution in [3.8, 4) is 11.3 Å². The Bertz CT molecular complexity index is 1650. The average Bonchev–Trinajstić information content (AvgIpc) is 3.35. The summed E-state index contributed by atoms with van der Waals surface area (Å²) in [6, 6.07) is 16.7. The van der Waals surface area contributed by atoms with Crippen molar-refractivity contribution in [2.24, 2.45) is 11.8 Å².